The van der Waals surface area contributed by atoms with Gasteiger partial charge in [-0.3, -0.25) is 9.52 Å². The zero-order valence-corrected chi connectivity index (χ0v) is 17.0. The van der Waals surface area contributed by atoms with E-state index in [2.05, 4.69) is 10.0 Å². The summed E-state index contributed by atoms with van der Waals surface area (Å²) in [5, 5.41) is 2.89. The van der Waals surface area contributed by atoms with Crippen molar-refractivity contribution in [3.8, 4) is 0 Å². The van der Waals surface area contributed by atoms with E-state index in [1.165, 1.54) is 0 Å². The van der Waals surface area contributed by atoms with E-state index in [0.717, 1.165) is 35.1 Å². The lowest BCUT2D eigenvalue weighted by molar-refractivity contribution is -0.123. The van der Waals surface area contributed by atoms with Crippen molar-refractivity contribution in [3.63, 3.8) is 0 Å². The molecule has 0 heterocycles. The van der Waals surface area contributed by atoms with Crippen molar-refractivity contribution in [3.05, 3.63) is 58.7 Å². The van der Waals surface area contributed by atoms with E-state index in [0.29, 0.717) is 17.1 Å². The molecule has 0 aliphatic heterocycles. The molecule has 3 rings (SSSR count). The van der Waals surface area contributed by atoms with Gasteiger partial charge < -0.3 is 5.32 Å². The molecule has 0 aromatic heterocycles. The predicted molar refractivity (Wildman–Crippen MR) is 107 cm³/mol. The average Bonchev–Trinajstić information content (AvgIpc) is 3.36. The molecule has 5 nitrogen and oxygen atoms in total. The van der Waals surface area contributed by atoms with Crippen LogP contribution in [0.5, 0.6) is 0 Å². The van der Waals surface area contributed by atoms with Crippen molar-refractivity contribution in [1.82, 2.24) is 5.32 Å². The second-order valence-corrected chi connectivity index (χ2v) is 8.97. The number of benzene rings is 2. The lowest BCUT2D eigenvalue weighted by Gasteiger charge is -2.17. The van der Waals surface area contributed by atoms with E-state index in [9.17, 15) is 13.2 Å². The maximum atomic E-state index is 12.9. The van der Waals surface area contributed by atoms with Gasteiger partial charge in [-0.2, -0.15) is 0 Å². The number of nitrogens with one attached hydrogen (secondary N) is 2. The molecule has 1 aliphatic rings. The van der Waals surface area contributed by atoms with Gasteiger partial charge in [0.2, 0.25) is 5.91 Å². The van der Waals surface area contributed by atoms with Crippen molar-refractivity contribution >= 4 is 21.6 Å². The van der Waals surface area contributed by atoms with Gasteiger partial charge in [0.05, 0.1) is 10.3 Å². The number of anilines is 1. The predicted octanol–water partition coefficient (Wildman–Crippen LogP) is 3.58. The van der Waals surface area contributed by atoms with Crippen molar-refractivity contribution in [2.24, 2.45) is 0 Å². The average molecular weight is 387 g/mol. The number of amides is 1. The van der Waals surface area contributed by atoms with E-state index in [-0.39, 0.29) is 5.91 Å². The molecule has 1 amide bonds. The highest BCUT2D eigenvalue weighted by Crippen LogP contribution is 2.48. The minimum absolute atomic E-state index is 0.0456. The smallest absolute Gasteiger partial charge is 0.262 e. The first kappa shape index (κ1) is 19.4. The number of sulfonamides is 1. The van der Waals surface area contributed by atoms with E-state index >= 15 is 0 Å². The summed E-state index contributed by atoms with van der Waals surface area (Å²) in [6.45, 7) is 8.07. The third-order valence-electron chi connectivity index (χ3n) is 5.09. The maximum Gasteiger partial charge on any atom is 0.262 e. The Bertz CT molecular complexity index is 952. The Kier molecular flexibility index (Phi) is 5.04. The minimum Gasteiger partial charge on any atom is -0.356 e. The molecule has 2 aromatic rings. The van der Waals surface area contributed by atoms with Crippen LogP contribution in [0.2, 0.25) is 0 Å². The number of carbonyl (C=O) groups excluding carboxylic acids is 1. The van der Waals surface area contributed by atoms with Crippen molar-refractivity contribution in [1.29, 1.82) is 0 Å². The minimum atomic E-state index is -3.68. The Balaban J connectivity index is 1.84. The van der Waals surface area contributed by atoms with Crippen molar-refractivity contribution in [2.45, 2.75) is 50.8 Å². The Labute approximate surface area is 161 Å². The summed E-state index contributed by atoms with van der Waals surface area (Å²) in [5.41, 5.74) is 3.46. The fraction of sp³-hybridized carbons (Fsp3) is 0.381. The molecule has 0 atom stereocenters. The van der Waals surface area contributed by atoms with Gasteiger partial charge in [0, 0.05) is 12.2 Å². The number of hydrogen-bond donors (Lipinski definition) is 2. The van der Waals surface area contributed by atoms with Crippen LogP contribution in [0.3, 0.4) is 0 Å². The van der Waals surface area contributed by atoms with E-state index < -0.39 is 15.4 Å². The molecular weight excluding hydrogens is 360 g/mol. The standard InChI is InChI=1S/C21H26N2O3S/c1-5-22-20(24)21(10-11-21)17-6-8-18(9-7-17)23-27(25,26)19-15(3)12-14(2)13-16(19)4/h6-9,12-13,23H,5,10-11H2,1-4H3,(H,22,24). The molecule has 2 aromatic carbocycles. The van der Waals surface area contributed by atoms with Gasteiger partial charge in [0.1, 0.15) is 0 Å². The third-order valence-corrected chi connectivity index (χ3v) is 6.77. The summed E-state index contributed by atoms with van der Waals surface area (Å²) >= 11 is 0. The molecule has 0 unspecified atom stereocenters. The maximum absolute atomic E-state index is 12.9. The quantitative estimate of drug-likeness (QED) is 0.797. The largest absolute Gasteiger partial charge is 0.356 e. The number of likely N-dealkylation sites (N-methyl/N-ethyl adjacent to an activating group) is 1. The Morgan fingerprint density at radius 3 is 2.07 bits per heavy atom. The highest BCUT2D eigenvalue weighted by molar-refractivity contribution is 7.92. The normalized spacial score (nSPS) is 15.3. The van der Waals surface area contributed by atoms with Crippen LogP contribution in [0.4, 0.5) is 5.69 Å². The van der Waals surface area contributed by atoms with Gasteiger partial charge in [0.25, 0.3) is 10.0 Å². The lowest BCUT2D eigenvalue weighted by atomic mass is 9.95. The summed E-state index contributed by atoms with van der Waals surface area (Å²) in [7, 11) is -3.68. The van der Waals surface area contributed by atoms with Gasteiger partial charge in [-0.25, -0.2) is 8.42 Å². The molecule has 1 saturated carbocycles. The first-order valence-electron chi connectivity index (χ1n) is 9.19. The molecule has 0 radical (unpaired) electrons. The summed E-state index contributed by atoms with van der Waals surface area (Å²) in [5.74, 6) is 0.0456. The van der Waals surface area contributed by atoms with Crippen molar-refractivity contribution in [2.75, 3.05) is 11.3 Å². The molecule has 1 aliphatic carbocycles. The second-order valence-electron chi connectivity index (χ2n) is 7.35. The molecule has 6 heteroatoms. The van der Waals surface area contributed by atoms with Gasteiger partial charge in [-0.1, -0.05) is 29.8 Å². The molecule has 0 spiro atoms. The summed E-state index contributed by atoms with van der Waals surface area (Å²) in [4.78, 5) is 12.6. The van der Waals surface area contributed by atoms with Gasteiger partial charge in [0.15, 0.2) is 0 Å². The van der Waals surface area contributed by atoms with E-state index in [1.54, 1.807) is 26.0 Å². The van der Waals surface area contributed by atoms with Crippen LogP contribution in [0.15, 0.2) is 41.3 Å². The number of carbonyl (C=O) groups is 1. The number of rotatable bonds is 6. The van der Waals surface area contributed by atoms with Gasteiger partial charge in [-0.05, 0) is 69.4 Å². The van der Waals surface area contributed by atoms with E-state index in [1.807, 2.05) is 38.1 Å². The monoisotopic (exact) mass is 386 g/mol. The molecule has 144 valence electrons. The van der Waals surface area contributed by atoms with E-state index in [4.69, 9.17) is 0 Å². The summed E-state index contributed by atoms with van der Waals surface area (Å²) in [6, 6.07) is 10.9. The molecule has 0 bridgehead atoms. The molecule has 2 N–H and O–H groups in total. The highest BCUT2D eigenvalue weighted by atomic mass is 32.2. The Morgan fingerprint density at radius 1 is 1.04 bits per heavy atom. The van der Waals surface area contributed by atoms with Crippen LogP contribution in [-0.2, 0) is 20.2 Å². The van der Waals surface area contributed by atoms with Crippen molar-refractivity contribution < 1.29 is 13.2 Å². The zero-order chi connectivity index (χ0) is 19.8. The Morgan fingerprint density at radius 2 is 1.59 bits per heavy atom. The third kappa shape index (κ3) is 3.72. The number of hydrogen-bond acceptors (Lipinski definition) is 3. The summed E-state index contributed by atoms with van der Waals surface area (Å²) in [6.07, 6.45) is 1.65. The van der Waals surface area contributed by atoms with Crippen LogP contribution < -0.4 is 10.0 Å². The van der Waals surface area contributed by atoms with Crippen LogP contribution in [0, 0.1) is 20.8 Å². The van der Waals surface area contributed by atoms with Crippen LogP contribution in [0.25, 0.3) is 0 Å². The topological polar surface area (TPSA) is 75.3 Å². The van der Waals surface area contributed by atoms with Gasteiger partial charge >= 0.3 is 0 Å². The second kappa shape index (κ2) is 7.00. The first-order chi connectivity index (χ1) is 12.7. The Hall–Kier alpha value is -2.34. The molecular formula is C21H26N2O3S. The van der Waals surface area contributed by atoms with Crippen LogP contribution in [-0.4, -0.2) is 20.9 Å². The highest BCUT2D eigenvalue weighted by Gasteiger charge is 2.50. The zero-order valence-electron chi connectivity index (χ0n) is 16.2. The SMILES string of the molecule is CCNC(=O)C1(c2ccc(NS(=O)(=O)c3c(C)cc(C)cc3C)cc2)CC1. The molecule has 0 saturated heterocycles. The lowest BCUT2D eigenvalue weighted by Crippen LogP contribution is -2.34. The fourth-order valence-corrected chi connectivity index (χ4v) is 5.27. The molecule has 27 heavy (non-hydrogen) atoms. The van der Waals surface area contributed by atoms with Crippen LogP contribution >= 0.6 is 0 Å². The van der Waals surface area contributed by atoms with Crippen LogP contribution in [0.1, 0.15) is 42.0 Å². The molecule has 1 fully saturated rings. The fourth-order valence-electron chi connectivity index (χ4n) is 3.76. The summed E-state index contributed by atoms with van der Waals surface area (Å²) < 4.78 is 28.4. The number of aryl methyl sites for hydroxylation is 3. The first-order valence-corrected chi connectivity index (χ1v) is 10.7. The van der Waals surface area contributed by atoms with Gasteiger partial charge in [-0.15, -0.1) is 0 Å².